The lowest BCUT2D eigenvalue weighted by Gasteiger charge is -2.33. The number of carbonyl (C=O) groups excluding carboxylic acids is 1. The van der Waals surface area contributed by atoms with Gasteiger partial charge >= 0.3 is 0 Å². The summed E-state index contributed by atoms with van der Waals surface area (Å²) in [6, 6.07) is 3.83. The SMILES string of the molecule is Cc1cccnc1CC(=O)NC(C)(CN)C(C)C. The van der Waals surface area contributed by atoms with Gasteiger partial charge in [-0.2, -0.15) is 0 Å². The van der Waals surface area contributed by atoms with E-state index in [0.717, 1.165) is 11.3 Å². The summed E-state index contributed by atoms with van der Waals surface area (Å²) in [5.74, 6) is 0.259. The van der Waals surface area contributed by atoms with Gasteiger partial charge in [0.15, 0.2) is 0 Å². The molecule has 1 amide bonds. The van der Waals surface area contributed by atoms with E-state index >= 15 is 0 Å². The minimum Gasteiger partial charge on any atom is -0.349 e. The van der Waals surface area contributed by atoms with E-state index in [4.69, 9.17) is 5.73 Å². The van der Waals surface area contributed by atoms with Crippen molar-refractivity contribution in [3.05, 3.63) is 29.6 Å². The molecule has 0 bridgehead atoms. The lowest BCUT2D eigenvalue weighted by atomic mass is 9.88. The average Bonchev–Trinajstić information content (AvgIpc) is 2.31. The number of nitrogens with two attached hydrogens (primary N) is 1. The Bertz CT molecular complexity index is 417. The fraction of sp³-hybridized carbons (Fsp3) is 0.571. The van der Waals surface area contributed by atoms with E-state index in [1.807, 2.05) is 26.0 Å². The first-order valence-electron chi connectivity index (χ1n) is 6.30. The number of amides is 1. The average molecular weight is 249 g/mol. The van der Waals surface area contributed by atoms with Crippen molar-refractivity contribution in [1.29, 1.82) is 0 Å². The van der Waals surface area contributed by atoms with Crippen LogP contribution >= 0.6 is 0 Å². The van der Waals surface area contributed by atoms with E-state index < -0.39 is 0 Å². The van der Waals surface area contributed by atoms with E-state index in [9.17, 15) is 4.79 Å². The maximum Gasteiger partial charge on any atom is 0.226 e. The summed E-state index contributed by atoms with van der Waals surface area (Å²) < 4.78 is 0. The number of aryl methyl sites for hydroxylation is 1. The fourth-order valence-electron chi connectivity index (χ4n) is 1.65. The Labute approximate surface area is 109 Å². The van der Waals surface area contributed by atoms with Crippen molar-refractivity contribution in [1.82, 2.24) is 10.3 Å². The van der Waals surface area contributed by atoms with Crippen LogP contribution in [0, 0.1) is 12.8 Å². The third kappa shape index (κ3) is 3.53. The zero-order valence-electron chi connectivity index (χ0n) is 11.7. The first-order chi connectivity index (χ1) is 8.39. The van der Waals surface area contributed by atoms with Crippen LogP contribution < -0.4 is 11.1 Å². The number of hydrogen-bond donors (Lipinski definition) is 2. The van der Waals surface area contributed by atoms with Crippen molar-refractivity contribution in [2.45, 2.75) is 39.7 Å². The third-order valence-corrected chi connectivity index (χ3v) is 3.57. The lowest BCUT2D eigenvalue weighted by molar-refractivity contribution is -0.122. The highest BCUT2D eigenvalue weighted by Gasteiger charge is 2.28. The molecule has 0 fully saturated rings. The summed E-state index contributed by atoms with van der Waals surface area (Å²) in [5, 5.41) is 3.01. The number of hydrogen-bond acceptors (Lipinski definition) is 3. The normalized spacial score (nSPS) is 14.3. The third-order valence-electron chi connectivity index (χ3n) is 3.57. The van der Waals surface area contributed by atoms with Gasteiger partial charge in [-0.25, -0.2) is 0 Å². The molecule has 0 radical (unpaired) electrons. The Balaban J connectivity index is 2.70. The summed E-state index contributed by atoms with van der Waals surface area (Å²) in [4.78, 5) is 16.3. The maximum absolute atomic E-state index is 12.0. The summed E-state index contributed by atoms with van der Waals surface area (Å²) in [5.41, 5.74) is 7.24. The molecule has 1 atom stereocenters. The molecular formula is C14H23N3O. The van der Waals surface area contributed by atoms with Gasteiger partial charge in [-0.05, 0) is 31.4 Å². The van der Waals surface area contributed by atoms with Gasteiger partial charge in [0.25, 0.3) is 0 Å². The first kappa shape index (κ1) is 14.6. The highest BCUT2D eigenvalue weighted by molar-refractivity contribution is 5.79. The molecular weight excluding hydrogens is 226 g/mol. The van der Waals surface area contributed by atoms with Crippen LogP contribution in [0.1, 0.15) is 32.0 Å². The van der Waals surface area contributed by atoms with Crippen LogP contribution in [-0.2, 0) is 11.2 Å². The first-order valence-corrected chi connectivity index (χ1v) is 6.30. The van der Waals surface area contributed by atoms with Crippen LogP contribution in [-0.4, -0.2) is 23.0 Å². The predicted octanol–water partition coefficient (Wildman–Crippen LogP) is 1.42. The van der Waals surface area contributed by atoms with Crippen molar-refractivity contribution in [3.8, 4) is 0 Å². The number of rotatable bonds is 5. The lowest BCUT2D eigenvalue weighted by Crippen LogP contribution is -2.55. The van der Waals surface area contributed by atoms with Crippen LogP contribution in [0.3, 0.4) is 0 Å². The molecule has 1 aromatic heterocycles. The zero-order valence-corrected chi connectivity index (χ0v) is 11.7. The van der Waals surface area contributed by atoms with Crippen LogP contribution in [0.5, 0.6) is 0 Å². The van der Waals surface area contributed by atoms with Gasteiger partial charge in [-0.15, -0.1) is 0 Å². The van der Waals surface area contributed by atoms with Gasteiger partial charge in [0.05, 0.1) is 17.7 Å². The largest absolute Gasteiger partial charge is 0.349 e. The van der Waals surface area contributed by atoms with Crippen LogP contribution in [0.2, 0.25) is 0 Å². The second-order valence-corrected chi connectivity index (χ2v) is 5.27. The van der Waals surface area contributed by atoms with Crippen molar-refractivity contribution >= 4 is 5.91 Å². The minimum absolute atomic E-state index is 0.0292. The molecule has 0 aliphatic rings. The Hall–Kier alpha value is -1.42. The standard InChI is InChI=1S/C14H23N3O/c1-10(2)14(4,9-15)17-13(18)8-12-11(3)6-5-7-16-12/h5-7,10H,8-9,15H2,1-4H3,(H,17,18). The van der Waals surface area contributed by atoms with Gasteiger partial charge in [-0.3, -0.25) is 9.78 Å². The van der Waals surface area contributed by atoms with Gasteiger partial charge in [0.2, 0.25) is 5.91 Å². The number of nitrogens with one attached hydrogen (secondary N) is 1. The molecule has 1 aromatic rings. The smallest absolute Gasteiger partial charge is 0.226 e. The quantitative estimate of drug-likeness (QED) is 0.829. The number of aromatic nitrogens is 1. The molecule has 0 aromatic carbocycles. The van der Waals surface area contributed by atoms with Crippen LogP contribution in [0.4, 0.5) is 0 Å². The van der Waals surface area contributed by atoms with Gasteiger partial charge in [-0.1, -0.05) is 19.9 Å². The molecule has 0 spiro atoms. The molecule has 0 aliphatic heterocycles. The molecule has 0 aliphatic carbocycles. The van der Waals surface area contributed by atoms with Gasteiger partial charge in [0.1, 0.15) is 0 Å². The molecule has 4 heteroatoms. The van der Waals surface area contributed by atoms with E-state index in [2.05, 4.69) is 24.1 Å². The molecule has 100 valence electrons. The van der Waals surface area contributed by atoms with Crippen molar-refractivity contribution in [2.24, 2.45) is 11.7 Å². The Morgan fingerprint density at radius 3 is 2.72 bits per heavy atom. The van der Waals surface area contributed by atoms with Crippen LogP contribution in [0.15, 0.2) is 18.3 Å². The summed E-state index contributed by atoms with van der Waals surface area (Å²) in [6.45, 7) is 8.47. The predicted molar refractivity (Wildman–Crippen MR) is 73.1 cm³/mol. The van der Waals surface area contributed by atoms with Gasteiger partial charge in [0, 0.05) is 12.7 Å². The molecule has 0 saturated carbocycles. The molecule has 18 heavy (non-hydrogen) atoms. The Morgan fingerprint density at radius 2 is 2.22 bits per heavy atom. The zero-order chi connectivity index (χ0) is 13.8. The molecule has 0 saturated heterocycles. The van der Waals surface area contributed by atoms with Crippen LogP contribution in [0.25, 0.3) is 0 Å². The van der Waals surface area contributed by atoms with Crippen molar-refractivity contribution in [2.75, 3.05) is 6.54 Å². The second-order valence-electron chi connectivity index (χ2n) is 5.27. The number of pyridine rings is 1. The van der Waals surface area contributed by atoms with Crippen molar-refractivity contribution in [3.63, 3.8) is 0 Å². The van der Waals surface area contributed by atoms with E-state index in [1.54, 1.807) is 6.20 Å². The highest BCUT2D eigenvalue weighted by atomic mass is 16.1. The highest BCUT2D eigenvalue weighted by Crippen LogP contribution is 2.15. The summed E-state index contributed by atoms with van der Waals surface area (Å²) >= 11 is 0. The van der Waals surface area contributed by atoms with E-state index in [1.165, 1.54) is 0 Å². The Kier molecular flexibility index (Phi) is 4.84. The summed E-state index contributed by atoms with van der Waals surface area (Å²) in [7, 11) is 0. The Morgan fingerprint density at radius 1 is 1.56 bits per heavy atom. The second kappa shape index (κ2) is 5.96. The molecule has 1 heterocycles. The van der Waals surface area contributed by atoms with E-state index in [0.29, 0.717) is 13.0 Å². The van der Waals surface area contributed by atoms with E-state index in [-0.39, 0.29) is 17.4 Å². The topological polar surface area (TPSA) is 68.0 Å². The maximum atomic E-state index is 12.0. The minimum atomic E-state index is -0.361. The van der Waals surface area contributed by atoms with Crippen molar-refractivity contribution < 1.29 is 4.79 Å². The number of carbonyl (C=O) groups is 1. The number of nitrogens with zero attached hydrogens (tertiary/aromatic N) is 1. The van der Waals surface area contributed by atoms with Gasteiger partial charge < -0.3 is 11.1 Å². The molecule has 4 nitrogen and oxygen atoms in total. The molecule has 3 N–H and O–H groups in total. The molecule has 1 rings (SSSR count). The summed E-state index contributed by atoms with van der Waals surface area (Å²) in [6.07, 6.45) is 2.01. The molecule has 1 unspecified atom stereocenters. The monoisotopic (exact) mass is 249 g/mol. The fourth-order valence-corrected chi connectivity index (χ4v) is 1.65.